The first kappa shape index (κ1) is 13.6. The zero-order valence-corrected chi connectivity index (χ0v) is 12.1. The highest BCUT2D eigenvalue weighted by Crippen LogP contribution is 2.30. The first-order valence-corrected chi connectivity index (χ1v) is 6.84. The molecule has 0 aromatic heterocycles. The summed E-state index contributed by atoms with van der Waals surface area (Å²) in [7, 11) is 1.73. The predicted molar refractivity (Wildman–Crippen MR) is 82.9 cm³/mol. The summed E-state index contributed by atoms with van der Waals surface area (Å²) >= 11 is 5.84. The Morgan fingerprint density at radius 3 is 2.71 bits per heavy atom. The van der Waals surface area contributed by atoms with Crippen LogP contribution in [-0.2, 0) is 11.2 Å². The topological polar surface area (TPSA) is 63.4 Å². The maximum atomic E-state index is 12.5. The second kappa shape index (κ2) is 4.90. The standard InChI is InChI=1S/C16H13ClN2O2/c1-19-14-5-2-9(6-10(14)7-15(19)20)16(21)12-4-3-11(17)8-13(12)18/h2-6,8H,7,18H2,1H3. The average Bonchev–Trinajstić information content (AvgIpc) is 2.73. The summed E-state index contributed by atoms with van der Waals surface area (Å²) in [6.45, 7) is 0. The van der Waals surface area contributed by atoms with E-state index >= 15 is 0 Å². The van der Waals surface area contributed by atoms with E-state index in [4.69, 9.17) is 17.3 Å². The molecule has 1 aliphatic rings. The van der Waals surface area contributed by atoms with Crippen molar-refractivity contribution >= 4 is 34.7 Å². The Morgan fingerprint density at radius 2 is 2.00 bits per heavy atom. The van der Waals surface area contributed by atoms with E-state index in [2.05, 4.69) is 0 Å². The minimum atomic E-state index is -0.172. The number of carbonyl (C=O) groups is 2. The van der Waals surface area contributed by atoms with Crippen LogP contribution in [0.2, 0.25) is 5.02 Å². The van der Waals surface area contributed by atoms with Gasteiger partial charge in [-0.15, -0.1) is 0 Å². The van der Waals surface area contributed by atoms with E-state index in [9.17, 15) is 9.59 Å². The first-order chi connectivity index (χ1) is 9.97. The van der Waals surface area contributed by atoms with Crippen LogP contribution < -0.4 is 10.6 Å². The Kier molecular flexibility index (Phi) is 3.18. The molecule has 1 heterocycles. The Balaban J connectivity index is 2.00. The van der Waals surface area contributed by atoms with Gasteiger partial charge < -0.3 is 10.6 Å². The van der Waals surface area contributed by atoms with Gasteiger partial charge in [0.2, 0.25) is 5.91 Å². The summed E-state index contributed by atoms with van der Waals surface area (Å²) in [5.74, 6) is -0.144. The molecule has 0 saturated heterocycles. The molecule has 1 amide bonds. The van der Waals surface area contributed by atoms with Gasteiger partial charge in [0.05, 0.1) is 6.42 Å². The lowest BCUT2D eigenvalue weighted by molar-refractivity contribution is -0.117. The Labute approximate surface area is 127 Å². The van der Waals surface area contributed by atoms with Gasteiger partial charge in [-0.25, -0.2) is 0 Å². The van der Waals surface area contributed by atoms with Crippen molar-refractivity contribution in [3.05, 3.63) is 58.1 Å². The zero-order valence-electron chi connectivity index (χ0n) is 11.4. The van der Waals surface area contributed by atoms with E-state index in [0.29, 0.717) is 28.3 Å². The van der Waals surface area contributed by atoms with Crippen molar-refractivity contribution in [2.45, 2.75) is 6.42 Å². The van der Waals surface area contributed by atoms with Crippen molar-refractivity contribution < 1.29 is 9.59 Å². The minimum absolute atomic E-state index is 0.0283. The molecule has 106 valence electrons. The molecule has 3 rings (SSSR count). The second-order valence-corrected chi connectivity index (χ2v) is 5.47. The monoisotopic (exact) mass is 300 g/mol. The van der Waals surface area contributed by atoms with E-state index in [1.807, 2.05) is 0 Å². The molecule has 0 unspecified atom stereocenters. The number of benzene rings is 2. The smallest absolute Gasteiger partial charge is 0.231 e. The number of rotatable bonds is 2. The van der Waals surface area contributed by atoms with E-state index in [1.165, 1.54) is 0 Å². The molecule has 21 heavy (non-hydrogen) atoms. The third kappa shape index (κ3) is 2.28. The fraction of sp³-hybridized carbons (Fsp3) is 0.125. The molecule has 0 spiro atoms. The summed E-state index contributed by atoms with van der Waals surface area (Å²) in [4.78, 5) is 25.8. The molecule has 0 bridgehead atoms. The number of anilines is 2. The number of carbonyl (C=O) groups excluding carboxylic acids is 2. The number of halogens is 1. The molecule has 0 aliphatic carbocycles. The first-order valence-electron chi connectivity index (χ1n) is 6.46. The Bertz CT molecular complexity index is 771. The highest BCUT2D eigenvalue weighted by molar-refractivity contribution is 6.31. The van der Waals surface area contributed by atoms with Gasteiger partial charge in [-0.3, -0.25) is 9.59 Å². The summed E-state index contributed by atoms with van der Waals surface area (Å²) in [5.41, 5.74) is 8.84. The Morgan fingerprint density at radius 1 is 1.24 bits per heavy atom. The number of ketones is 1. The van der Waals surface area contributed by atoms with Gasteiger partial charge in [0.1, 0.15) is 0 Å². The fourth-order valence-corrected chi connectivity index (χ4v) is 2.69. The van der Waals surface area contributed by atoms with Crippen molar-refractivity contribution in [1.29, 1.82) is 0 Å². The van der Waals surface area contributed by atoms with Crippen molar-refractivity contribution in [3.63, 3.8) is 0 Å². The molecule has 0 atom stereocenters. The molecular weight excluding hydrogens is 288 g/mol. The number of likely N-dealkylation sites (N-methyl/N-ethyl adjacent to an activating group) is 1. The lowest BCUT2D eigenvalue weighted by Gasteiger charge is -2.11. The van der Waals surface area contributed by atoms with Crippen LogP contribution in [0.3, 0.4) is 0 Å². The number of amides is 1. The van der Waals surface area contributed by atoms with Gasteiger partial charge in [0, 0.05) is 34.6 Å². The van der Waals surface area contributed by atoms with Crippen molar-refractivity contribution in [3.8, 4) is 0 Å². The number of nitrogens with two attached hydrogens (primary N) is 1. The number of fused-ring (bicyclic) bond motifs is 1. The van der Waals surface area contributed by atoms with E-state index in [1.54, 1.807) is 48.3 Å². The van der Waals surface area contributed by atoms with E-state index in [-0.39, 0.29) is 11.7 Å². The van der Waals surface area contributed by atoms with Crippen LogP contribution in [0, 0.1) is 0 Å². The molecular formula is C16H13ClN2O2. The van der Waals surface area contributed by atoms with E-state index in [0.717, 1.165) is 11.3 Å². The van der Waals surface area contributed by atoms with Crippen LogP contribution in [0.4, 0.5) is 11.4 Å². The third-order valence-corrected chi connectivity index (χ3v) is 3.91. The highest BCUT2D eigenvalue weighted by Gasteiger charge is 2.25. The van der Waals surface area contributed by atoms with Gasteiger partial charge in [-0.2, -0.15) is 0 Å². The molecule has 4 nitrogen and oxygen atoms in total. The maximum absolute atomic E-state index is 12.5. The minimum Gasteiger partial charge on any atom is -0.398 e. The molecule has 2 N–H and O–H groups in total. The molecule has 1 aliphatic heterocycles. The highest BCUT2D eigenvalue weighted by atomic mass is 35.5. The molecule has 2 aromatic carbocycles. The van der Waals surface area contributed by atoms with Crippen LogP contribution in [0.1, 0.15) is 21.5 Å². The van der Waals surface area contributed by atoms with Crippen LogP contribution >= 0.6 is 11.6 Å². The van der Waals surface area contributed by atoms with E-state index < -0.39 is 0 Å². The van der Waals surface area contributed by atoms with Gasteiger partial charge in [0.25, 0.3) is 0 Å². The molecule has 5 heteroatoms. The lowest BCUT2D eigenvalue weighted by Crippen LogP contribution is -2.20. The van der Waals surface area contributed by atoms with Crippen LogP contribution in [-0.4, -0.2) is 18.7 Å². The summed E-state index contributed by atoms with van der Waals surface area (Å²) < 4.78 is 0. The normalized spacial score (nSPS) is 13.4. The van der Waals surface area contributed by atoms with Crippen LogP contribution in [0.5, 0.6) is 0 Å². The van der Waals surface area contributed by atoms with Gasteiger partial charge in [0.15, 0.2) is 5.78 Å². The van der Waals surface area contributed by atoms with Gasteiger partial charge in [-0.1, -0.05) is 11.6 Å². The third-order valence-electron chi connectivity index (χ3n) is 3.68. The molecule has 0 saturated carbocycles. The van der Waals surface area contributed by atoms with Crippen molar-refractivity contribution in [1.82, 2.24) is 0 Å². The number of hydrogen-bond acceptors (Lipinski definition) is 3. The van der Waals surface area contributed by atoms with Crippen molar-refractivity contribution in [2.75, 3.05) is 17.7 Å². The van der Waals surface area contributed by atoms with Crippen LogP contribution in [0.25, 0.3) is 0 Å². The number of hydrogen-bond donors (Lipinski definition) is 1. The SMILES string of the molecule is CN1C(=O)Cc2cc(C(=O)c3ccc(Cl)cc3N)ccc21. The summed E-state index contributed by atoms with van der Waals surface area (Å²) in [5, 5.41) is 0.491. The zero-order chi connectivity index (χ0) is 15.1. The van der Waals surface area contributed by atoms with Gasteiger partial charge >= 0.3 is 0 Å². The maximum Gasteiger partial charge on any atom is 0.231 e. The van der Waals surface area contributed by atoms with Crippen LogP contribution in [0.15, 0.2) is 36.4 Å². The molecule has 0 radical (unpaired) electrons. The quantitative estimate of drug-likeness (QED) is 0.685. The van der Waals surface area contributed by atoms with Crippen molar-refractivity contribution in [2.24, 2.45) is 0 Å². The predicted octanol–water partition coefficient (Wildman–Crippen LogP) is 2.67. The van der Waals surface area contributed by atoms with Gasteiger partial charge in [-0.05, 0) is 42.0 Å². The second-order valence-electron chi connectivity index (χ2n) is 5.03. The summed E-state index contributed by atoms with van der Waals surface area (Å²) in [6.07, 6.45) is 0.322. The molecule has 2 aromatic rings. The fourth-order valence-electron chi connectivity index (χ4n) is 2.51. The lowest BCUT2D eigenvalue weighted by atomic mass is 9.99. The largest absolute Gasteiger partial charge is 0.398 e. The molecule has 0 fully saturated rings. The number of nitrogen functional groups attached to an aromatic ring is 1. The average molecular weight is 301 g/mol. The summed E-state index contributed by atoms with van der Waals surface area (Å²) in [6, 6.07) is 10.1. The number of nitrogens with zero attached hydrogens (tertiary/aromatic N) is 1. The Hall–Kier alpha value is -2.33.